The molecule has 0 aliphatic heterocycles. The topological polar surface area (TPSA) is 66.4 Å². The van der Waals surface area contributed by atoms with Crippen LogP contribution in [0.1, 0.15) is 22.3 Å². The van der Waals surface area contributed by atoms with E-state index in [1.165, 1.54) is 19.1 Å². The van der Waals surface area contributed by atoms with Crippen LogP contribution in [0.25, 0.3) is 0 Å². The molecule has 2 rings (SSSR count). The number of benzene rings is 2. The number of rotatable bonds is 3. The average Bonchev–Trinajstić information content (AvgIpc) is 2.49. The van der Waals surface area contributed by atoms with E-state index in [0.717, 1.165) is 0 Å². The first-order valence-electron chi connectivity index (χ1n) is 7.24. The molecule has 0 heterocycles. The molecule has 0 aliphatic carbocycles. The minimum absolute atomic E-state index is 0.0945. The van der Waals surface area contributed by atoms with Gasteiger partial charge in [-0.05, 0) is 49.2 Å². The van der Waals surface area contributed by atoms with Gasteiger partial charge in [0.2, 0.25) is 0 Å². The third-order valence-electron chi connectivity index (χ3n) is 3.56. The molecule has 0 saturated heterocycles. The van der Waals surface area contributed by atoms with Crippen LogP contribution in [0.5, 0.6) is 5.75 Å². The summed E-state index contributed by atoms with van der Waals surface area (Å²) >= 11 is 0. The number of alkyl halides is 6. The molecule has 2 aromatic rings. The fourth-order valence-electron chi connectivity index (χ4n) is 2.32. The molecule has 0 atom stereocenters. The van der Waals surface area contributed by atoms with Crippen LogP contribution in [-0.4, -0.2) is 13.5 Å². The lowest BCUT2D eigenvalue weighted by Crippen LogP contribution is -2.17. The van der Waals surface area contributed by atoms with E-state index in [1.807, 2.05) is 4.72 Å². The SMILES string of the molecule is Cc1cc(C)c(O)c(NS(=O)(=O)c2cc(C(F)(F)F)cc(C(F)(F)F)c2)c1. The Kier molecular flexibility index (Phi) is 5.12. The molecular weight excluding hydrogens is 400 g/mol. The molecule has 0 bridgehead atoms. The van der Waals surface area contributed by atoms with Crippen LogP contribution in [0.15, 0.2) is 35.2 Å². The Morgan fingerprint density at radius 1 is 0.852 bits per heavy atom. The summed E-state index contributed by atoms with van der Waals surface area (Å²) in [5.41, 5.74) is -3.10. The molecule has 148 valence electrons. The van der Waals surface area contributed by atoms with E-state index in [-0.39, 0.29) is 29.4 Å². The minimum atomic E-state index is -5.19. The lowest BCUT2D eigenvalue weighted by atomic mass is 10.1. The first-order valence-corrected chi connectivity index (χ1v) is 8.72. The molecule has 0 fully saturated rings. The molecule has 0 saturated carbocycles. The summed E-state index contributed by atoms with van der Waals surface area (Å²) in [5.74, 6) is -0.493. The highest BCUT2D eigenvalue weighted by atomic mass is 32.2. The normalized spacial score (nSPS) is 12.9. The van der Waals surface area contributed by atoms with Crippen molar-refractivity contribution in [2.24, 2.45) is 0 Å². The van der Waals surface area contributed by atoms with E-state index in [4.69, 9.17) is 0 Å². The molecule has 0 aliphatic rings. The lowest BCUT2D eigenvalue weighted by molar-refractivity contribution is -0.143. The Labute approximate surface area is 150 Å². The van der Waals surface area contributed by atoms with Crippen molar-refractivity contribution in [1.29, 1.82) is 0 Å². The summed E-state index contributed by atoms with van der Waals surface area (Å²) in [4.78, 5) is -1.23. The third kappa shape index (κ3) is 4.65. The number of sulfonamides is 1. The number of halogens is 6. The van der Waals surface area contributed by atoms with Crippen molar-refractivity contribution in [1.82, 2.24) is 0 Å². The third-order valence-corrected chi connectivity index (χ3v) is 4.91. The summed E-state index contributed by atoms with van der Waals surface area (Å²) in [7, 11) is -4.84. The molecule has 0 radical (unpaired) electrons. The van der Waals surface area contributed by atoms with Crippen molar-refractivity contribution in [2.45, 2.75) is 31.1 Å². The number of nitrogens with one attached hydrogen (secondary N) is 1. The van der Waals surface area contributed by atoms with Gasteiger partial charge in [0.05, 0.1) is 21.7 Å². The fourth-order valence-corrected chi connectivity index (χ4v) is 3.45. The van der Waals surface area contributed by atoms with Gasteiger partial charge >= 0.3 is 12.4 Å². The molecular formula is C16H13F6NO3S. The van der Waals surface area contributed by atoms with E-state index in [1.54, 1.807) is 6.92 Å². The van der Waals surface area contributed by atoms with E-state index in [2.05, 4.69) is 0 Å². The largest absolute Gasteiger partial charge is 0.505 e. The van der Waals surface area contributed by atoms with Gasteiger partial charge in [-0.3, -0.25) is 4.72 Å². The van der Waals surface area contributed by atoms with Crippen molar-refractivity contribution < 1.29 is 39.9 Å². The molecule has 4 nitrogen and oxygen atoms in total. The van der Waals surface area contributed by atoms with Gasteiger partial charge in [-0.2, -0.15) is 26.3 Å². The van der Waals surface area contributed by atoms with Crippen molar-refractivity contribution in [3.05, 3.63) is 52.6 Å². The molecule has 0 amide bonds. The van der Waals surface area contributed by atoms with Crippen LogP contribution in [0.2, 0.25) is 0 Å². The molecule has 27 heavy (non-hydrogen) atoms. The van der Waals surface area contributed by atoms with Gasteiger partial charge < -0.3 is 5.11 Å². The second kappa shape index (κ2) is 6.63. The van der Waals surface area contributed by atoms with Crippen LogP contribution in [0.3, 0.4) is 0 Å². The predicted molar refractivity (Wildman–Crippen MR) is 84.8 cm³/mol. The van der Waals surface area contributed by atoms with Crippen molar-refractivity contribution in [3.8, 4) is 5.75 Å². The first kappa shape index (κ1) is 20.9. The highest BCUT2D eigenvalue weighted by molar-refractivity contribution is 7.92. The van der Waals surface area contributed by atoms with Crippen LogP contribution in [0, 0.1) is 13.8 Å². The van der Waals surface area contributed by atoms with Gasteiger partial charge in [-0.25, -0.2) is 8.42 Å². The Bertz CT molecular complexity index is 949. The van der Waals surface area contributed by atoms with Gasteiger partial charge in [-0.1, -0.05) is 6.07 Å². The van der Waals surface area contributed by atoms with E-state index in [9.17, 15) is 39.9 Å². The number of aryl methyl sites for hydroxylation is 2. The van der Waals surface area contributed by atoms with Gasteiger partial charge in [0, 0.05) is 0 Å². The Morgan fingerprint density at radius 3 is 1.78 bits per heavy atom. The van der Waals surface area contributed by atoms with Gasteiger partial charge in [0.1, 0.15) is 5.75 Å². The zero-order valence-electron chi connectivity index (χ0n) is 13.8. The highest BCUT2D eigenvalue weighted by Gasteiger charge is 2.38. The predicted octanol–water partition coefficient (Wildman–Crippen LogP) is 4.85. The highest BCUT2D eigenvalue weighted by Crippen LogP contribution is 2.38. The maximum absolute atomic E-state index is 12.9. The Hall–Kier alpha value is -2.43. The molecule has 11 heteroatoms. The molecule has 2 aromatic carbocycles. The summed E-state index contributed by atoms with van der Waals surface area (Å²) in [5, 5.41) is 9.91. The van der Waals surface area contributed by atoms with Crippen LogP contribution in [0.4, 0.5) is 32.0 Å². The van der Waals surface area contributed by atoms with E-state index >= 15 is 0 Å². The number of aromatic hydroxyl groups is 1. The maximum Gasteiger partial charge on any atom is 0.416 e. The van der Waals surface area contributed by atoms with Crippen LogP contribution in [-0.2, 0) is 22.4 Å². The quantitative estimate of drug-likeness (QED) is 0.559. The van der Waals surface area contributed by atoms with Crippen LogP contribution >= 0.6 is 0 Å². The second-order valence-corrected chi connectivity index (χ2v) is 7.51. The summed E-state index contributed by atoms with van der Waals surface area (Å²) in [6.07, 6.45) is -10.4. The monoisotopic (exact) mass is 413 g/mol. The number of phenolic OH excluding ortho intramolecular Hbond substituents is 1. The Balaban J connectivity index is 2.62. The average molecular weight is 413 g/mol. The second-order valence-electron chi connectivity index (χ2n) is 5.83. The van der Waals surface area contributed by atoms with Crippen LogP contribution < -0.4 is 4.72 Å². The lowest BCUT2D eigenvalue weighted by Gasteiger charge is -2.16. The zero-order chi connectivity index (χ0) is 20.8. The standard InChI is InChI=1S/C16H13F6NO3S/c1-8-3-9(2)14(24)13(4-8)23-27(25,26)12-6-10(15(17,18)19)5-11(7-12)16(20,21)22/h3-7,23-24H,1-2H3. The number of hydrogen-bond acceptors (Lipinski definition) is 3. The Morgan fingerprint density at radius 2 is 1.33 bits per heavy atom. The van der Waals surface area contributed by atoms with Gasteiger partial charge in [-0.15, -0.1) is 0 Å². The van der Waals surface area contributed by atoms with Crippen molar-refractivity contribution >= 4 is 15.7 Å². The fraction of sp³-hybridized carbons (Fsp3) is 0.250. The van der Waals surface area contributed by atoms with Gasteiger partial charge in [0.25, 0.3) is 10.0 Å². The molecule has 0 aromatic heterocycles. The van der Waals surface area contributed by atoms with E-state index in [0.29, 0.717) is 5.56 Å². The minimum Gasteiger partial charge on any atom is -0.505 e. The number of hydrogen-bond donors (Lipinski definition) is 2. The smallest absolute Gasteiger partial charge is 0.416 e. The molecule has 0 unspecified atom stereocenters. The van der Waals surface area contributed by atoms with Crippen molar-refractivity contribution in [3.63, 3.8) is 0 Å². The number of phenols is 1. The summed E-state index contributed by atoms with van der Waals surface area (Å²) < 4.78 is 104. The zero-order valence-corrected chi connectivity index (χ0v) is 14.6. The van der Waals surface area contributed by atoms with Crippen molar-refractivity contribution in [2.75, 3.05) is 4.72 Å². The summed E-state index contributed by atoms with van der Waals surface area (Å²) in [6, 6.07) is 2.72. The van der Waals surface area contributed by atoms with E-state index < -0.39 is 44.1 Å². The summed E-state index contributed by atoms with van der Waals surface area (Å²) in [6.45, 7) is 3.02. The maximum atomic E-state index is 12.9. The number of anilines is 1. The molecule has 0 spiro atoms. The first-order chi connectivity index (χ1) is 12.1. The van der Waals surface area contributed by atoms with Gasteiger partial charge in [0.15, 0.2) is 0 Å². The molecule has 2 N–H and O–H groups in total.